The maximum Gasteiger partial charge on any atom is 0.306 e. The maximum absolute atomic E-state index is 13.8. The molecule has 258 valence electrons. The van der Waals surface area contributed by atoms with Gasteiger partial charge in [-0.15, -0.1) is 11.3 Å². The van der Waals surface area contributed by atoms with Crippen molar-refractivity contribution >= 4 is 40.7 Å². The van der Waals surface area contributed by atoms with Crippen molar-refractivity contribution in [1.82, 2.24) is 20.1 Å². The molecule has 1 aliphatic rings. The average molecular weight is 669 g/mol. The van der Waals surface area contributed by atoms with Gasteiger partial charge in [0.1, 0.15) is 5.69 Å². The van der Waals surface area contributed by atoms with Crippen molar-refractivity contribution in [1.29, 1.82) is 0 Å². The topological polar surface area (TPSA) is 137 Å². The van der Waals surface area contributed by atoms with E-state index in [0.29, 0.717) is 6.42 Å². The predicted molar refractivity (Wildman–Crippen MR) is 183 cm³/mol. The molecule has 0 spiro atoms. The molecule has 2 N–H and O–H groups in total. The van der Waals surface area contributed by atoms with Gasteiger partial charge in [0.15, 0.2) is 16.6 Å². The lowest BCUT2D eigenvalue weighted by molar-refractivity contribution is -0.142. The molecule has 0 aliphatic carbocycles. The summed E-state index contributed by atoms with van der Waals surface area (Å²) in [5, 5.41) is 14.1. The Morgan fingerprint density at radius 1 is 1.02 bits per heavy atom. The summed E-state index contributed by atoms with van der Waals surface area (Å²) in [4.78, 5) is 73.4. The van der Waals surface area contributed by atoms with Gasteiger partial charge < -0.3 is 15.3 Å². The van der Waals surface area contributed by atoms with Crippen molar-refractivity contribution in [2.24, 2.45) is 23.7 Å². The zero-order valence-electron chi connectivity index (χ0n) is 28.9. The van der Waals surface area contributed by atoms with E-state index < -0.39 is 35.8 Å². The van der Waals surface area contributed by atoms with Gasteiger partial charge in [0.25, 0.3) is 5.91 Å². The molecule has 0 radical (unpaired) electrons. The molecule has 5 atom stereocenters. The molecule has 1 aliphatic heterocycles. The van der Waals surface area contributed by atoms with Crippen LogP contribution in [0.5, 0.6) is 0 Å². The molecule has 0 saturated carbocycles. The Bertz CT molecular complexity index is 1380. The monoisotopic (exact) mass is 668 g/mol. The van der Waals surface area contributed by atoms with E-state index >= 15 is 0 Å². The highest BCUT2D eigenvalue weighted by Gasteiger charge is 2.36. The summed E-state index contributed by atoms with van der Waals surface area (Å²) < 4.78 is 0. The number of piperidine rings is 1. The first-order chi connectivity index (χ1) is 22.2. The molecule has 2 amide bonds. The molecular weight excluding hydrogens is 616 g/mol. The number of aromatic nitrogens is 1. The standard InChI is InChI=1S/C36H52N4O6S/c1-22(2)27(19-31(41)29-15-11-12-16-39(29)6)35(44)40(7)30(23(3)4)20-32(42)34-38-28(21-47-34)33(43)37-26(17-24(5)36(45)46)18-25-13-9-8-10-14-25/h8-10,13-14,21-24,26-27,29-30H,11-12,15-20H2,1-7H3,(H,37,43)(H,45,46)/t24-,26+,27-,29+,30+/m0/s1. The van der Waals surface area contributed by atoms with Crippen LogP contribution < -0.4 is 5.32 Å². The Labute approximate surface area is 283 Å². The largest absolute Gasteiger partial charge is 0.481 e. The third kappa shape index (κ3) is 10.8. The van der Waals surface area contributed by atoms with Crippen LogP contribution in [-0.4, -0.2) is 88.0 Å². The first-order valence-electron chi connectivity index (χ1n) is 16.7. The zero-order valence-corrected chi connectivity index (χ0v) is 29.7. The van der Waals surface area contributed by atoms with Gasteiger partial charge in [0.05, 0.1) is 12.0 Å². The lowest BCUT2D eigenvalue weighted by Crippen LogP contribution is -2.48. The molecule has 2 heterocycles. The van der Waals surface area contributed by atoms with E-state index in [-0.39, 0.29) is 65.3 Å². The third-order valence-corrected chi connectivity index (χ3v) is 10.3. The number of nitrogens with zero attached hydrogens (tertiary/aromatic N) is 3. The summed E-state index contributed by atoms with van der Waals surface area (Å²) in [6, 6.07) is 8.50. The van der Waals surface area contributed by atoms with Crippen LogP contribution in [0.15, 0.2) is 35.7 Å². The summed E-state index contributed by atoms with van der Waals surface area (Å²) in [6.45, 7) is 10.3. The summed E-state index contributed by atoms with van der Waals surface area (Å²) in [5.74, 6) is -2.96. The minimum absolute atomic E-state index is 0.0331. The van der Waals surface area contributed by atoms with Crippen molar-refractivity contribution in [3.8, 4) is 0 Å². The second-order valence-corrected chi connectivity index (χ2v) is 14.6. The molecule has 47 heavy (non-hydrogen) atoms. The van der Waals surface area contributed by atoms with E-state index in [1.54, 1.807) is 18.9 Å². The van der Waals surface area contributed by atoms with E-state index in [4.69, 9.17) is 0 Å². The second-order valence-electron chi connectivity index (χ2n) is 13.8. The van der Waals surface area contributed by atoms with E-state index in [9.17, 15) is 29.1 Å². The van der Waals surface area contributed by atoms with E-state index in [2.05, 4.69) is 15.2 Å². The fraction of sp³-hybridized carbons (Fsp3) is 0.611. The summed E-state index contributed by atoms with van der Waals surface area (Å²) >= 11 is 1.08. The van der Waals surface area contributed by atoms with E-state index in [1.807, 2.05) is 65.1 Å². The quantitative estimate of drug-likeness (QED) is 0.215. The Balaban J connectivity index is 1.69. The highest BCUT2D eigenvalue weighted by atomic mass is 32.1. The fourth-order valence-electron chi connectivity index (χ4n) is 6.35. The Hall–Kier alpha value is -3.44. The number of Topliss-reactive ketones (excluding diaryl/α,β-unsaturated/α-hetero) is 2. The van der Waals surface area contributed by atoms with Gasteiger partial charge >= 0.3 is 5.97 Å². The number of hydrogen-bond donors (Lipinski definition) is 2. The van der Waals surface area contributed by atoms with Crippen molar-refractivity contribution in [3.05, 3.63) is 52.0 Å². The molecule has 0 bridgehead atoms. The molecule has 1 saturated heterocycles. The predicted octanol–water partition coefficient (Wildman–Crippen LogP) is 5.37. The smallest absolute Gasteiger partial charge is 0.306 e. The number of aliphatic carboxylic acids is 1. The van der Waals surface area contributed by atoms with Crippen molar-refractivity contribution in [3.63, 3.8) is 0 Å². The molecule has 10 nitrogen and oxygen atoms in total. The van der Waals surface area contributed by atoms with Crippen LogP contribution in [0.25, 0.3) is 0 Å². The average Bonchev–Trinajstić information content (AvgIpc) is 3.53. The number of hydrogen-bond acceptors (Lipinski definition) is 8. The SMILES string of the molecule is CC(C)[C@H](CC(=O)[C@H]1CCCCN1C)C(=O)N(C)[C@H](CC(=O)c1nc(C(=O)N[C@@H](Cc2ccccc2)C[C@H](C)C(=O)O)cs1)C(C)C. The van der Waals surface area contributed by atoms with Crippen LogP contribution in [0.4, 0.5) is 0 Å². The summed E-state index contributed by atoms with van der Waals surface area (Å²) in [6.07, 6.45) is 3.81. The number of amides is 2. The van der Waals surface area contributed by atoms with Gasteiger partial charge in [0.2, 0.25) is 5.91 Å². The van der Waals surface area contributed by atoms with E-state index in [0.717, 1.165) is 42.7 Å². The van der Waals surface area contributed by atoms with Gasteiger partial charge in [-0.2, -0.15) is 0 Å². The first-order valence-corrected chi connectivity index (χ1v) is 17.6. The number of carbonyl (C=O) groups excluding carboxylic acids is 4. The summed E-state index contributed by atoms with van der Waals surface area (Å²) in [5.41, 5.74) is 1.06. The number of ketones is 2. The number of carboxylic acid groups (broad SMARTS) is 1. The highest BCUT2D eigenvalue weighted by molar-refractivity contribution is 7.11. The molecule has 2 aromatic rings. The molecule has 11 heteroatoms. The van der Waals surface area contributed by atoms with Crippen LogP contribution in [0, 0.1) is 23.7 Å². The van der Waals surface area contributed by atoms with Gasteiger partial charge in [-0.3, -0.25) is 28.9 Å². The van der Waals surface area contributed by atoms with Crippen molar-refractivity contribution in [2.45, 2.75) is 97.7 Å². The van der Waals surface area contributed by atoms with Gasteiger partial charge in [0, 0.05) is 43.3 Å². The second kappa shape index (κ2) is 17.6. The third-order valence-electron chi connectivity index (χ3n) is 9.39. The number of benzene rings is 1. The van der Waals surface area contributed by atoms with Crippen LogP contribution in [0.1, 0.15) is 99.0 Å². The number of likely N-dealkylation sites (N-methyl/N-ethyl adjacent to an activating group) is 1. The van der Waals surface area contributed by atoms with Gasteiger partial charge in [-0.1, -0.05) is 71.4 Å². The Morgan fingerprint density at radius 2 is 1.70 bits per heavy atom. The minimum Gasteiger partial charge on any atom is -0.481 e. The molecule has 3 rings (SSSR count). The molecule has 1 aromatic heterocycles. The number of carboxylic acids is 1. The number of thiazole rings is 1. The van der Waals surface area contributed by atoms with Crippen LogP contribution >= 0.6 is 11.3 Å². The maximum atomic E-state index is 13.8. The molecular formula is C36H52N4O6S. The first kappa shape index (κ1) is 38.0. The lowest BCUT2D eigenvalue weighted by Gasteiger charge is -2.36. The number of carbonyl (C=O) groups is 5. The highest BCUT2D eigenvalue weighted by Crippen LogP contribution is 2.27. The minimum atomic E-state index is -0.940. The van der Waals surface area contributed by atoms with Gasteiger partial charge in [-0.05, 0) is 56.7 Å². The Kier molecular flexibility index (Phi) is 14.3. The van der Waals surface area contributed by atoms with E-state index in [1.165, 1.54) is 5.38 Å². The number of rotatable bonds is 17. The van der Waals surface area contributed by atoms with Crippen molar-refractivity contribution in [2.75, 3.05) is 20.6 Å². The fourth-order valence-corrected chi connectivity index (χ4v) is 7.10. The summed E-state index contributed by atoms with van der Waals surface area (Å²) in [7, 11) is 3.68. The molecule has 1 aromatic carbocycles. The van der Waals surface area contributed by atoms with Crippen LogP contribution in [-0.2, 0) is 20.8 Å². The molecule has 0 unspecified atom stereocenters. The normalized spacial score (nSPS) is 17.9. The lowest BCUT2D eigenvalue weighted by atomic mass is 9.85. The van der Waals surface area contributed by atoms with Crippen molar-refractivity contribution < 1.29 is 29.1 Å². The molecule has 1 fully saturated rings. The van der Waals surface area contributed by atoms with Crippen LogP contribution in [0.2, 0.25) is 0 Å². The Morgan fingerprint density at radius 3 is 2.30 bits per heavy atom. The number of nitrogens with one attached hydrogen (secondary N) is 1. The number of likely N-dealkylation sites (tertiary alicyclic amines) is 1. The zero-order chi connectivity index (χ0) is 34.8. The van der Waals surface area contributed by atoms with Gasteiger partial charge in [-0.25, -0.2) is 4.98 Å². The van der Waals surface area contributed by atoms with Crippen LogP contribution in [0.3, 0.4) is 0 Å².